The first kappa shape index (κ1) is 11.7. The number of nitrogens with zero attached hydrogens (tertiary/aromatic N) is 2. The molecule has 0 fully saturated rings. The lowest BCUT2D eigenvalue weighted by molar-refractivity contribution is 0.102. The third-order valence-corrected chi connectivity index (χ3v) is 2.20. The van der Waals surface area contributed by atoms with Crippen LogP contribution in [0.15, 0.2) is 42.5 Å². The van der Waals surface area contributed by atoms with Gasteiger partial charge in [0.1, 0.15) is 23.3 Å². The van der Waals surface area contributed by atoms with Gasteiger partial charge in [-0.25, -0.2) is 9.37 Å². The highest BCUT2D eigenvalue weighted by Crippen LogP contribution is 2.10. The number of benzene rings is 1. The number of hydrogen-bond donors (Lipinski definition) is 1. The Labute approximate surface area is 103 Å². The van der Waals surface area contributed by atoms with Gasteiger partial charge in [0, 0.05) is 5.69 Å². The number of nitrogens with one attached hydrogen (secondary N) is 1. The number of aromatic nitrogens is 1. The minimum atomic E-state index is -0.446. The van der Waals surface area contributed by atoms with Crippen LogP contribution in [0.2, 0.25) is 0 Å². The van der Waals surface area contributed by atoms with E-state index in [0.717, 1.165) is 0 Å². The molecule has 0 bridgehead atoms. The van der Waals surface area contributed by atoms with E-state index in [1.54, 1.807) is 6.07 Å². The van der Waals surface area contributed by atoms with Crippen molar-refractivity contribution in [1.29, 1.82) is 5.26 Å². The smallest absolute Gasteiger partial charge is 0.274 e. The van der Waals surface area contributed by atoms with Crippen molar-refractivity contribution in [2.24, 2.45) is 0 Å². The van der Waals surface area contributed by atoms with E-state index >= 15 is 0 Å². The molecule has 1 amide bonds. The quantitative estimate of drug-likeness (QED) is 0.877. The van der Waals surface area contributed by atoms with Crippen LogP contribution in [0, 0.1) is 17.1 Å². The Kier molecular flexibility index (Phi) is 3.30. The fourth-order valence-electron chi connectivity index (χ4n) is 1.35. The molecular formula is C13H8FN3O. The highest BCUT2D eigenvalue weighted by atomic mass is 19.1. The molecule has 2 aromatic rings. The molecular weight excluding hydrogens is 233 g/mol. The molecule has 0 aliphatic heterocycles. The molecule has 88 valence electrons. The summed E-state index contributed by atoms with van der Waals surface area (Å²) in [6.07, 6.45) is 0. The highest BCUT2D eigenvalue weighted by Gasteiger charge is 2.08. The van der Waals surface area contributed by atoms with Crippen LogP contribution in [0.3, 0.4) is 0 Å². The van der Waals surface area contributed by atoms with Gasteiger partial charge < -0.3 is 5.32 Å². The average Bonchev–Trinajstić information content (AvgIpc) is 2.41. The number of rotatable bonds is 2. The fourth-order valence-corrected chi connectivity index (χ4v) is 1.35. The summed E-state index contributed by atoms with van der Waals surface area (Å²) in [5.41, 5.74) is 0.769. The Balaban J connectivity index is 2.17. The molecule has 0 atom stereocenters. The summed E-state index contributed by atoms with van der Waals surface area (Å²) in [5.74, 6) is -0.823. The summed E-state index contributed by atoms with van der Waals surface area (Å²) in [5, 5.41) is 11.2. The molecule has 1 N–H and O–H groups in total. The molecule has 5 heteroatoms. The van der Waals surface area contributed by atoms with E-state index in [1.165, 1.54) is 36.4 Å². The lowest BCUT2D eigenvalue weighted by atomic mass is 10.2. The normalized spacial score (nSPS) is 9.56. The summed E-state index contributed by atoms with van der Waals surface area (Å²) in [6, 6.07) is 11.8. The molecule has 0 saturated carbocycles. The topological polar surface area (TPSA) is 65.8 Å². The molecule has 18 heavy (non-hydrogen) atoms. The maximum atomic E-state index is 12.7. The van der Waals surface area contributed by atoms with Gasteiger partial charge in [-0.3, -0.25) is 4.79 Å². The summed E-state index contributed by atoms with van der Waals surface area (Å²) in [7, 11) is 0. The molecule has 1 aromatic carbocycles. The van der Waals surface area contributed by atoms with Gasteiger partial charge in [0.15, 0.2) is 0 Å². The monoisotopic (exact) mass is 241 g/mol. The number of pyridine rings is 1. The number of carbonyl (C=O) groups is 1. The van der Waals surface area contributed by atoms with Crippen LogP contribution >= 0.6 is 0 Å². The van der Waals surface area contributed by atoms with Crippen LogP contribution in [0.25, 0.3) is 0 Å². The largest absolute Gasteiger partial charge is 0.321 e. The molecule has 1 aromatic heterocycles. The van der Waals surface area contributed by atoms with Crippen molar-refractivity contribution >= 4 is 11.6 Å². The van der Waals surface area contributed by atoms with Crippen LogP contribution in [0.5, 0.6) is 0 Å². The van der Waals surface area contributed by atoms with Crippen molar-refractivity contribution in [1.82, 2.24) is 4.98 Å². The molecule has 2 rings (SSSR count). The zero-order chi connectivity index (χ0) is 13.0. The van der Waals surface area contributed by atoms with E-state index in [4.69, 9.17) is 5.26 Å². The van der Waals surface area contributed by atoms with Crippen LogP contribution in [0.4, 0.5) is 10.1 Å². The fraction of sp³-hybridized carbons (Fsp3) is 0. The first-order chi connectivity index (χ1) is 8.69. The Morgan fingerprint density at radius 1 is 1.22 bits per heavy atom. The third-order valence-electron chi connectivity index (χ3n) is 2.20. The predicted octanol–water partition coefficient (Wildman–Crippen LogP) is 2.34. The Hall–Kier alpha value is -2.74. The first-order valence-electron chi connectivity index (χ1n) is 5.13. The maximum absolute atomic E-state index is 12.7. The summed E-state index contributed by atoms with van der Waals surface area (Å²) in [4.78, 5) is 15.6. The molecule has 4 nitrogen and oxygen atoms in total. The van der Waals surface area contributed by atoms with Crippen LogP contribution in [0.1, 0.15) is 16.2 Å². The summed E-state index contributed by atoms with van der Waals surface area (Å²) >= 11 is 0. The molecule has 0 unspecified atom stereocenters. The van der Waals surface area contributed by atoms with E-state index in [2.05, 4.69) is 10.3 Å². The number of halogens is 1. The molecule has 0 radical (unpaired) electrons. The molecule has 1 heterocycles. The van der Waals surface area contributed by atoms with Gasteiger partial charge in [-0.05, 0) is 36.4 Å². The summed E-state index contributed by atoms with van der Waals surface area (Å²) < 4.78 is 12.7. The third kappa shape index (κ3) is 2.68. The van der Waals surface area contributed by atoms with Crippen LogP contribution in [-0.4, -0.2) is 10.9 Å². The van der Waals surface area contributed by atoms with E-state index in [9.17, 15) is 9.18 Å². The molecule has 0 aliphatic carbocycles. The number of carbonyl (C=O) groups excluding carboxylic acids is 1. The van der Waals surface area contributed by atoms with Gasteiger partial charge in [0.05, 0.1) is 0 Å². The van der Waals surface area contributed by atoms with Crippen molar-refractivity contribution in [3.63, 3.8) is 0 Å². The second-order valence-electron chi connectivity index (χ2n) is 3.48. The van der Waals surface area contributed by atoms with Gasteiger partial charge in [0.25, 0.3) is 5.91 Å². The standard InChI is InChI=1S/C13H8FN3O/c14-9-4-6-10(7-5-9)17-13(18)12-3-1-2-11(8-15)16-12/h1-7H,(H,17,18). The lowest BCUT2D eigenvalue weighted by Crippen LogP contribution is -2.13. The SMILES string of the molecule is N#Cc1cccc(C(=O)Nc2ccc(F)cc2)n1. The second kappa shape index (κ2) is 5.06. The molecule has 0 saturated heterocycles. The minimum absolute atomic E-state index is 0.137. The predicted molar refractivity (Wildman–Crippen MR) is 63.3 cm³/mol. The van der Waals surface area contributed by atoms with Gasteiger partial charge in [-0.15, -0.1) is 0 Å². The van der Waals surface area contributed by atoms with E-state index in [1.807, 2.05) is 6.07 Å². The lowest BCUT2D eigenvalue weighted by Gasteiger charge is -2.04. The van der Waals surface area contributed by atoms with Crippen molar-refractivity contribution < 1.29 is 9.18 Å². The number of hydrogen-bond acceptors (Lipinski definition) is 3. The van der Waals surface area contributed by atoms with Gasteiger partial charge in [-0.1, -0.05) is 6.07 Å². The van der Waals surface area contributed by atoms with E-state index < -0.39 is 5.91 Å². The number of anilines is 1. The average molecular weight is 241 g/mol. The van der Waals surface area contributed by atoms with Crippen molar-refractivity contribution in [3.8, 4) is 6.07 Å². The molecule has 0 aliphatic rings. The summed E-state index contributed by atoms with van der Waals surface area (Å²) in [6.45, 7) is 0. The van der Waals surface area contributed by atoms with Crippen molar-refractivity contribution in [2.75, 3.05) is 5.32 Å². The van der Waals surface area contributed by atoms with Crippen molar-refractivity contribution in [2.45, 2.75) is 0 Å². The number of amides is 1. The van der Waals surface area contributed by atoms with Crippen LogP contribution in [-0.2, 0) is 0 Å². The zero-order valence-electron chi connectivity index (χ0n) is 9.22. The second-order valence-corrected chi connectivity index (χ2v) is 3.48. The van der Waals surface area contributed by atoms with Gasteiger partial charge >= 0.3 is 0 Å². The maximum Gasteiger partial charge on any atom is 0.274 e. The van der Waals surface area contributed by atoms with E-state index in [0.29, 0.717) is 5.69 Å². The minimum Gasteiger partial charge on any atom is -0.321 e. The van der Waals surface area contributed by atoms with E-state index in [-0.39, 0.29) is 17.2 Å². The van der Waals surface area contributed by atoms with Gasteiger partial charge in [0.2, 0.25) is 0 Å². The Bertz CT molecular complexity index is 617. The van der Waals surface area contributed by atoms with Crippen LogP contribution < -0.4 is 5.32 Å². The first-order valence-corrected chi connectivity index (χ1v) is 5.13. The number of nitriles is 1. The molecule has 0 spiro atoms. The zero-order valence-corrected chi connectivity index (χ0v) is 9.22. The van der Waals surface area contributed by atoms with Gasteiger partial charge in [-0.2, -0.15) is 5.26 Å². The van der Waals surface area contributed by atoms with Crippen molar-refractivity contribution in [3.05, 3.63) is 59.7 Å². The Morgan fingerprint density at radius 3 is 2.61 bits per heavy atom. The highest BCUT2D eigenvalue weighted by molar-refractivity contribution is 6.02. The Morgan fingerprint density at radius 2 is 1.94 bits per heavy atom.